The minimum absolute atomic E-state index is 0.168. The van der Waals surface area contributed by atoms with Crippen molar-refractivity contribution >= 4 is 5.69 Å². The van der Waals surface area contributed by atoms with Crippen LogP contribution in [0.1, 0.15) is 40.0 Å². The van der Waals surface area contributed by atoms with E-state index in [4.69, 9.17) is 0 Å². The number of nitrogens with one attached hydrogen (secondary N) is 1. The molecule has 0 aromatic heterocycles. The molecule has 3 heteroatoms. The van der Waals surface area contributed by atoms with Crippen LogP contribution in [0.5, 0.6) is 0 Å². The number of unbranched alkanes of at least 4 members (excludes halogenated alkanes) is 2. The molecular weight excluding hydrogens is 239 g/mol. The highest BCUT2D eigenvalue weighted by molar-refractivity contribution is 5.45. The van der Waals surface area contributed by atoms with E-state index < -0.39 is 0 Å². The predicted octanol–water partition coefficient (Wildman–Crippen LogP) is 3.82. The Morgan fingerprint density at radius 2 is 1.89 bits per heavy atom. The third-order valence-corrected chi connectivity index (χ3v) is 3.07. The van der Waals surface area contributed by atoms with E-state index in [1.54, 1.807) is 12.1 Å². The first-order valence-corrected chi connectivity index (χ1v) is 7.10. The van der Waals surface area contributed by atoms with Crippen LogP contribution in [0.25, 0.3) is 0 Å². The van der Waals surface area contributed by atoms with Gasteiger partial charge in [0, 0.05) is 24.8 Å². The molecule has 1 N–H and O–H groups in total. The number of hydrogen-bond acceptors (Lipinski definition) is 2. The number of benzene rings is 1. The quantitative estimate of drug-likeness (QED) is 0.755. The van der Waals surface area contributed by atoms with Crippen LogP contribution in [0.4, 0.5) is 10.1 Å². The molecule has 19 heavy (non-hydrogen) atoms. The number of anilines is 1. The molecule has 2 nitrogen and oxygen atoms in total. The van der Waals surface area contributed by atoms with Crippen LogP contribution >= 0.6 is 0 Å². The molecule has 1 rings (SSSR count). The fourth-order valence-electron chi connectivity index (χ4n) is 1.96. The number of hydrogen-bond donors (Lipinski definition) is 1. The van der Waals surface area contributed by atoms with Crippen LogP contribution in [-0.2, 0) is 0 Å². The highest BCUT2D eigenvalue weighted by atomic mass is 19.1. The van der Waals surface area contributed by atoms with Gasteiger partial charge in [-0.2, -0.15) is 0 Å². The molecule has 0 saturated carbocycles. The van der Waals surface area contributed by atoms with Gasteiger partial charge in [-0.25, -0.2) is 4.39 Å². The molecule has 0 atom stereocenters. The van der Waals surface area contributed by atoms with Crippen molar-refractivity contribution in [2.75, 3.05) is 25.0 Å². The minimum Gasteiger partial charge on any atom is -0.375 e. The van der Waals surface area contributed by atoms with Gasteiger partial charge in [-0.1, -0.05) is 12.5 Å². The Labute approximate surface area is 117 Å². The standard InChI is InChI=1S/C16H27FN2/c1-16(2,3)18-11-6-5-7-12-19(4)15-10-8-9-14(17)13-15/h8-10,13,18H,5-7,11-12H2,1-4H3. The largest absolute Gasteiger partial charge is 0.375 e. The van der Waals surface area contributed by atoms with E-state index in [9.17, 15) is 4.39 Å². The second-order valence-corrected chi connectivity index (χ2v) is 6.14. The molecule has 0 radical (unpaired) electrons. The Kier molecular flexibility index (Phi) is 6.29. The fourth-order valence-corrected chi connectivity index (χ4v) is 1.96. The van der Waals surface area contributed by atoms with Crippen LogP contribution in [0.2, 0.25) is 0 Å². The highest BCUT2D eigenvalue weighted by Crippen LogP contribution is 2.14. The summed E-state index contributed by atoms with van der Waals surface area (Å²) in [6.07, 6.45) is 3.52. The van der Waals surface area contributed by atoms with Crippen molar-refractivity contribution in [1.82, 2.24) is 5.32 Å². The van der Waals surface area contributed by atoms with E-state index >= 15 is 0 Å². The Morgan fingerprint density at radius 1 is 1.16 bits per heavy atom. The van der Waals surface area contributed by atoms with Gasteiger partial charge in [-0.05, 0) is 58.4 Å². The van der Waals surface area contributed by atoms with Crippen molar-refractivity contribution in [2.45, 2.75) is 45.6 Å². The highest BCUT2D eigenvalue weighted by Gasteiger charge is 2.07. The van der Waals surface area contributed by atoms with Crippen molar-refractivity contribution in [3.63, 3.8) is 0 Å². The Morgan fingerprint density at radius 3 is 2.53 bits per heavy atom. The summed E-state index contributed by atoms with van der Waals surface area (Å²) in [5, 5.41) is 3.49. The predicted molar refractivity (Wildman–Crippen MR) is 81.3 cm³/mol. The first kappa shape index (κ1) is 16.0. The van der Waals surface area contributed by atoms with Crippen molar-refractivity contribution in [1.29, 1.82) is 0 Å². The number of nitrogens with zero attached hydrogens (tertiary/aromatic N) is 1. The molecular formula is C16H27FN2. The minimum atomic E-state index is -0.168. The summed E-state index contributed by atoms with van der Waals surface area (Å²) < 4.78 is 13.1. The third-order valence-electron chi connectivity index (χ3n) is 3.07. The van der Waals surface area contributed by atoms with E-state index in [1.807, 2.05) is 13.1 Å². The van der Waals surface area contributed by atoms with Crippen LogP contribution in [0.15, 0.2) is 24.3 Å². The normalized spacial score (nSPS) is 11.6. The number of rotatable bonds is 7. The van der Waals surface area contributed by atoms with Gasteiger partial charge in [-0.15, -0.1) is 0 Å². The van der Waals surface area contributed by atoms with Crippen molar-refractivity contribution in [3.05, 3.63) is 30.1 Å². The molecule has 0 bridgehead atoms. The fraction of sp³-hybridized carbons (Fsp3) is 0.625. The maximum absolute atomic E-state index is 13.1. The molecule has 108 valence electrons. The maximum Gasteiger partial charge on any atom is 0.125 e. The average molecular weight is 266 g/mol. The Balaban J connectivity index is 2.16. The topological polar surface area (TPSA) is 15.3 Å². The van der Waals surface area contributed by atoms with E-state index in [-0.39, 0.29) is 11.4 Å². The monoisotopic (exact) mass is 266 g/mol. The van der Waals surface area contributed by atoms with Crippen LogP contribution in [0, 0.1) is 5.82 Å². The zero-order valence-electron chi connectivity index (χ0n) is 12.7. The van der Waals surface area contributed by atoms with Crippen LogP contribution in [0.3, 0.4) is 0 Å². The van der Waals surface area contributed by atoms with Crippen molar-refractivity contribution < 1.29 is 4.39 Å². The van der Waals surface area contributed by atoms with Crippen molar-refractivity contribution in [3.8, 4) is 0 Å². The van der Waals surface area contributed by atoms with Gasteiger partial charge >= 0.3 is 0 Å². The lowest BCUT2D eigenvalue weighted by Gasteiger charge is -2.21. The zero-order chi connectivity index (χ0) is 14.3. The molecule has 0 aliphatic carbocycles. The van der Waals surface area contributed by atoms with Gasteiger partial charge in [0.15, 0.2) is 0 Å². The molecule has 0 amide bonds. The van der Waals surface area contributed by atoms with Crippen molar-refractivity contribution in [2.24, 2.45) is 0 Å². The second kappa shape index (κ2) is 7.49. The van der Waals surface area contributed by atoms with Crippen LogP contribution in [-0.4, -0.2) is 25.7 Å². The molecule has 1 aromatic rings. The lowest BCUT2D eigenvalue weighted by molar-refractivity contribution is 0.417. The van der Waals surface area contributed by atoms with E-state index in [0.29, 0.717) is 0 Å². The smallest absolute Gasteiger partial charge is 0.125 e. The lowest BCUT2D eigenvalue weighted by atomic mass is 10.1. The molecule has 0 aliphatic heterocycles. The summed E-state index contributed by atoms with van der Waals surface area (Å²) in [6, 6.07) is 6.77. The first-order chi connectivity index (χ1) is 8.88. The average Bonchev–Trinajstić information content (AvgIpc) is 2.32. The van der Waals surface area contributed by atoms with E-state index in [0.717, 1.165) is 25.2 Å². The Hall–Kier alpha value is -1.09. The summed E-state index contributed by atoms with van der Waals surface area (Å²) >= 11 is 0. The van der Waals surface area contributed by atoms with Gasteiger partial charge in [0.2, 0.25) is 0 Å². The van der Waals surface area contributed by atoms with Gasteiger partial charge in [0.1, 0.15) is 5.82 Å². The summed E-state index contributed by atoms with van der Waals surface area (Å²) in [5.41, 5.74) is 1.16. The van der Waals surface area contributed by atoms with Gasteiger partial charge in [0.25, 0.3) is 0 Å². The molecule has 0 fully saturated rings. The molecule has 0 saturated heterocycles. The summed E-state index contributed by atoms with van der Waals surface area (Å²) in [5.74, 6) is -0.168. The first-order valence-electron chi connectivity index (χ1n) is 7.10. The van der Waals surface area contributed by atoms with Gasteiger partial charge in [-0.3, -0.25) is 0 Å². The zero-order valence-corrected chi connectivity index (χ0v) is 12.7. The summed E-state index contributed by atoms with van der Waals surface area (Å²) in [6.45, 7) is 8.59. The number of halogens is 1. The van der Waals surface area contributed by atoms with Gasteiger partial charge in [0.05, 0.1) is 0 Å². The maximum atomic E-state index is 13.1. The van der Waals surface area contributed by atoms with E-state index in [1.165, 1.54) is 18.9 Å². The SMILES string of the molecule is CN(CCCCCNC(C)(C)C)c1cccc(F)c1. The summed E-state index contributed by atoms with van der Waals surface area (Å²) in [4.78, 5) is 2.11. The van der Waals surface area contributed by atoms with E-state index in [2.05, 4.69) is 31.0 Å². The molecule has 0 heterocycles. The molecule has 0 unspecified atom stereocenters. The molecule has 0 spiro atoms. The third kappa shape index (κ3) is 7.16. The van der Waals surface area contributed by atoms with Gasteiger partial charge < -0.3 is 10.2 Å². The molecule has 0 aliphatic rings. The lowest BCUT2D eigenvalue weighted by Crippen LogP contribution is -2.36. The molecule has 1 aromatic carbocycles. The second-order valence-electron chi connectivity index (χ2n) is 6.14. The summed E-state index contributed by atoms with van der Waals surface area (Å²) in [7, 11) is 2.02. The Bertz CT molecular complexity index is 371. The van der Waals surface area contributed by atoms with Crippen LogP contribution < -0.4 is 10.2 Å².